The van der Waals surface area contributed by atoms with E-state index in [1.165, 1.54) is 0 Å². The molecule has 0 unspecified atom stereocenters. The molecule has 1 aromatic heterocycles. The number of carbonyl (C=O) groups is 4. The number of likely N-dealkylation sites (tertiary alicyclic amines) is 1. The van der Waals surface area contributed by atoms with Gasteiger partial charge in [0.1, 0.15) is 12.1 Å². The van der Waals surface area contributed by atoms with Gasteiger partial charge in [-0.25, -0.2) is 0 Å². The number of hydrogen-bond donors (Lipinski definition) is 2. The average Bonchev–Trinajstić information content (AvgIpc) is 3.00. The van der Waals surface area contributed by atoms with Crippen molar-refractivity contribution in [3.8, 4) is 0 Å². The van der Waals surface area contributed by atoms with Gasteiger partial charge in [0, 0.05) is 55.7 Å². The summed E-state index contributed by atoms with van der Waals surface area (Å²) in [6, 6.07) is 17.5. The van der Waals surface area contributed by atoms with Crippen LogP contribution in [0.3, 0.4) is 0 Å². The molecule has 9 nitrogen and oxygen atoms in total. The zero-order chi connectivity index (χ0) is 29.2. The zero-order valence-corrected chi connectivity index (χ0v) is 23.9. The van der Waals surface area contributed by atoms with E-state index in [4.69, 9.17) is 0 Å². The first-order valence-corrected chi connectivity index (χ1v) is 14.9. The van der Waals surface area contributed by atoms with Crippen LogP contribution in [-0.4, -0.2) is 76.2 Å². The number of nitrogens with one attached hydrogen (secondary N) is 2. The third-order valence-corrected chi connectivity index (χ3v) is 8.96. The van der Waals surface area contributed by atoms with Crippen molar-refractivity contribution in [2.45, 2.75) is 57.2 Å². The number of carbonyl (C=O) groups excluding carboxylic acids is 4. The quantitative estimate of drug-likeness (QED) is 0.506. The van der Waals surface area contributed by atoms with E-state index >= 15 is 0 Å². The number of nitrogens with zero attached hydrogens (tertiary/aromatic N) is 3. The Balaban J connectivity index is 1.26. The molecule has 0 spiro atoms. The first kappa shape index (κ1) is 27.9. The van der Waals surface area contributed by atoms with Crippen LogP contribution in [-0.2, 0) is 20.8 Å². The largest absolute Gasteiger partial charge is 0.345 e. The van der Waals surface area contributed by atoms with Crippen molar-refractivity contribution in [2.75, 3.05) is 19.6 Å². The molecule has 3 aliphatic rings. The molecule has 2 bridgehead atoms. The second kappa shape index (κ2) is 11.9. The summed E-state index contributed by atoms with van der Waals surface area (Å²) in [6.45, 7) is 3.29. The molecule has 3 fully saturated rings. The van der Waals surface area contributed by atoms with Crippen LogP contribution in [0.5, 0.6) is 0 Å². The van der Waals surface area contributed by atoms with Crippen molar-refractivity contribution in [3.63, 3.8) is 0 Å². The fraction of sp³-hybridized carbons (Fsp3) is 0.424. The van der Waals surface area contributed by atoms with Gasteiger partial charge in [-0.3, -0.25) is 24.2 Å². The van der Waals surface area contributed by atoms with Crippen molar-refractivity contribution in [2.24, 2.45) is 11.8 Å². The second-order valence-corrected chi connectivity index (χ2v) is 12.0. The molecule has 3 aliphatic heterocycles. The monoisotopic (exact) mass is 567 g/mol. The molecular weight excluding hydrogens is 530 g/mol. The average molecular weight is 568 g/mol. The first-order valence-electron chi connectivity index (χ1n) is 14.9. The SMILES string of the molecule is C[C@H]1NC(=O)CCC[C@H]2[C@@H]3C[C@@H](CN(C(=O)c4ccc5ncccc5c4)C3)CN2C(=O)[C@H](Cc2ccccc2)NC1=O. The van der Waals surface area contributed by atoms with Crippen molar-refractivity contribution in [1.29, 1.82) is 0 Å². The topological polar surface area (TPSA) is 112 Å². The van der Waals surface area contributed by atoms with Crippen LogP contribution in [0.4, 0.5) is 0 Å². The summed E-state index contributed by atoms with van der Waals surface area (Å²) in [5, 5.41) is 6.66. The number of amides is 4. The summed E-state index contributed by atoms with van der Waals surface area (Å²) < 4.78 is 0. The number of fused-ring (bicyclic) bond motifs is 5. The van der Waals surface area contributed by atoms with Crippen LogP contribution < -0.4 is 10.6 Å². The standard InChI is InChI=1S/C33H37N5O4/c1-21-31(40)36-28(16-22-7-3-2-4-8-22)33(42)38-19-23-15-26(29(38)10-5-11-30(39)35-21)20-37(18-23)32(41)25-12-13-27-24(17-25)9-6-14-34-27/h2-4,6-9,12-14,17,21,23,26,28-29H,5,10-11,15-16,18-20H2,1H3,(H,35,39)(H,36,40)/t21-,23+,26-,28+,29+/m1/s1. The summed E-state index contributed by atoms with van der Waals surface area (Å²) in [7, 11) is 0. The predicted octanol–water partition coefficient (Wildman–Crippen LogP) is 2.94. The predicted molar refractivity (Wildman–Crippen MR) is 158 cm³/mol. The van der Waals surface area contributed by atoms with Crippen LogP contribution in [0.15, 0.2) is 66.9 Å². The fourth-order valence-corrected chi connectivity index (χ4v) is 6.93. The van der Waals surface area contributed by atoms with E-state index in [2.05, 4.69) is 15.6 Å². The van der Waals surface area contributed by atoms with Gasteiger partial charge in [-0.15, -0.1) is 0 Å². The first-order chi connectivity index (χ1) is 20.4. The van der Waals surface area contributed by atoms with E-state index in [0.717, 1.165) is 22.9 Å². The molecule has 6 rings (SSSR count). The summed E-state index contributed by atoms with van der Waals surface area (Å²) in [5.74, 6) is -0.410. The molecule has 3 saturated heterocycles. The Morgan fingerprint density at radius 3 is 2.64 bits per heavy atom. The van der Waals surface area contributed by atoms with Gasteiger partial charge >= 0.3 is 0 Å². The van der Waals surface area contributed by atoms with Gasteiger partial charge < -0.3 is 20.4 Å². The van der Waals surface area contributed by atoms with Crippen molar-refractivity contribution in [1.82, 2.24) is 25.4 Å². The van der Waals surface area contributed by atoms with E-state index in [-0.39, 0.29) is 47.9 Å². The Morgan fingerprint density at radius 2 is 1.81 bits per heavy atom. The lowest BCUT2D eigenvalue weighted by Crippen LogP contribution is -2.63. The Morgan fingerprint density at radius 1 is 0.976 bits per heavy atom. The second-order valence-electron chi connectivity index (χ2n) is 12.0. The van der Waals surface area contributed by atoms with Crippen LogP contribution in [0.25, 0.3) is 10.9 Å². The van der Waals surface area contributed by atoms with Crippen LogP contribution >= 0.6 is 0 Å². The highest BCUT2D eigenvalue weighted by Gasteiger charge is 2.45. The van der Waals surface area contributed by atoms with Gasteiger partial charge in [-0.1, -0.05) is 36.4 Å². The molecule has 42 heavy (non-hydrogen) atoms. The number of pyridine rings is 1. The molecule has 2 aromatic carbocycles. The number of piperidine rings is 2. The van der Waals surface area contributed by atoms with E-state index in [0.29, 0.717) is 44.5 Å². The van der Waals surface area contributed by atoms with Gasteiger partial charge in [-0.05, 0) is 67.9 Å². The van der Waals surface area contributed by atoms with Gasteiger partial charge in [0.2, 0.25) is 17.7 Å². The van der Waals surface area contributed by atoms with E-state index < -0.39 is 12.1 Å². The summed E-state index contributed by atoms with van der Waals surface area (Å²) >= 11 is 0. The molecule has 218 valence electrons. The van der Waals surface area contributed by atoms with Crippen molar-refractivity contribution < 1.29 is 19.2 Å². The van der Waals surface area contributed by atoms with Crippen LogP contribution in [0, 0.1) is 11.8 Å². The Bertz CT molecular complexity index is 1490. The minimum Gasteiger partial charge on any atom is -0.345 e. The lowest BCUT2D eigenvalue weighted by Gasteiger charge is -2.51. The highest BCUT2D eigenvalue weighted by atomic mass is 16.2. The maximum absolute atomic E-state index is 14.2. The lowest BCUT2D eigenvalue weighted by atomic mass is 9.77. The van der Waals surface area contributed by atoms with Gasteiger partial charge in [0.25, 0.3) is 5.91 Å². The summed E-state index contributed by atoms with van der Waals surface area (Å²) in [5.41, 5.74) is 2.44. The van der Waals surface area contributed by atoms with Crippen molar-refractivity contribution >= 4 is 34.5 Å². The number of hydrogen-bond acceptors (Lipinski definition) is 5. The van der Waals surface area contributed by atoms with Crippen LogP contribution in [0.2, 0.25) is 0 Å². The minimum absolute atomic E-state index is 0.00836. The molecule has 9 heteroatoms. The maximum Gasteiger partial charge on any atom is 0.253 e. The maximum atomic E-state index is 14.2. The molecule has 4 amide bonds. The molecular formula is C33H37N5O4. The van der Waals surface area contributed by atoms with E-state index in [1.807, 2.05) is 70.5 Å². The summed E-state index contributed by atoms with van der Waals surface area (Å²) in [6.07, 6.45) is 4.59. The number of rotatable bonds is 3. The number of benzene rings is 2. The van der Waals surface area contributed by atoms with Gasteiger partial charge in [-0.2, -0.15) is 0 Å². The highest BCUT2D eigenvalue weighted by Crippen LogP contribution is 2.37. The molecule has 0 radical (unpaired) electrons. The lowest BCUT2D eigenvalue weighted by molar-refractivity contribution is -0.145. The van der Waals surface area contributed by atoms with E-state index in [9.17, 15) is 19.2 Å². The molecule has 3 aromatic rings. The third-order valence-electron chi connectivity index (χ3n) is 8.96. The molecule has 0 aliphatic carbocycles. The van der Waals surface area contributed by atoms with Crippen LogP contribution in [0.1, 0.15) is 48.5 Å². The smallest absolute Gasteiger partial charge is 0.253 e. The Labute approximate surface area is 245 Å². The molecule has 5 atom stereocenters. The molecule has 2 N–H and O–H groups in total. The fourth-order valence-electron chi connectivity index (χ4n) is 6.93. The van der Waals surface area contributed by atoms with Gasteiger partial charge in [0.15, 0.2) is 0 Å². The molecule has 4 heterocycles. The van der Waals surface area contributed by atoms with Gasteiger partial charge in [0.05, 0.1) is 5.52 Å². The third kappa shape index (κ3) is 5.86. The highest BCUT2D eigenvalue weighted by molar-refractivity contribution is 5.98. The zero-order valence-electron chi connectivity index (χ0n) is 23.9. The number of aromatic nitrogens is 1. The summed E-state index contributed by atoms with van der Waals surface area (Å²) in [4.78, 5) is 61.9. The minimum atomic E-state index is -0.746. The van der Waals surface area contributed by atoms with E-state index in [1.54, 1.807) is 13.1 Å². The molecule has 0 saturated carbocycles. The van der Waals surface area contributed by atoms with Crippen molar-refractivity contribution in [3.05, 3.63) is 78.0 Å². The Hall–Kier alpha value is -4.27. The normalized spacial score (nSPS) is 26.9. The Kier molecular flexibility index (Phi) is 7.91.